The van der Waals surface area contributed by atoms with Crippen molar-refractivity contribution in [1.82, 2.24) is 10.6 Å². The minimum atomic E-state index is -0.819. The number of fused-ring (bicyclic) bond motifs is 1. The second kappa shape index (κ2) is 10.4. The first-order valence-corrected chi connectivity index (χ1v) is 11.3. The zero-order valence-corrected chi connectivity index (χ0v) is 18.6. The second-order valence-corrected chi connectivity index (χ2v) is 8.34. The van der Waals surface area contributed by atoms with Crippen LogP contribution in [0.3, 0.4) is 0 Å². The van der Waals surface area contributed by atoms with Gasteiger partial charge < -0.3 is 16.0 Å². The molecule has 3 amide bonds. The fourth-order valence-electron chi connectivity index (χ4n) is 3.57. The van der Waals surface area contributed by atoms with Gasteiger partial charge in [0.05, 0.1) is 6.07 Å². The van der Waals surface area contributed by atoms with Crippen LogP contribution in [0.5, 0.6) is 0 Å². The van der Waals surface area contributed by atoms with E-state index in [9.17, 15) is 9.59 Å². The number of nitrogens with zero attached hydrogens (tertiary/aromatic N) is 1. The summed E-state index contributed by atoms with van der Waals surface area (Å²) in [5.41, 5.74) is 3.72. The number of anilines is 1. The van der Waals surface area contributed by atoms with Crippen molar-refractivity contribution in [1.29, 1.82) is 5.26 Å². The van der Waals surface area contributed by atoms with E-state index in [1.165, 1.54) is 0 Å². The number of nitriles is 1. The molecule has 0 spiro atoms. The first kappa shape index (κ1) is 22.1. The quantitative estimate of drug-likeness (QED) is 0.345. The lowest BCUT2D eigenvalue weighted by Crippen LogP contribution is -2.49. The molecular weight excluding hydrogens is 432 g/mol. The molecule has 164 valence electrons. The van der Waals surface area contributed by atoms with Gasteiger partial charge in [-0.15, -0.1) is 11.3 Å². The van der Waals surface area contributed by atoms with Crippen LogP contribution in [0, 0.1) is 11.3 Å². The monoisotopic (exact) mass is 454 g/mol. The van der Waals surface area contributed by atoms with E-state index in [-0.39, 0.29) is 6.54 Å². The van der Waals surface area contributed by atoms with E-state index in [0.717, 1.165) is 26.8 Å². The second-order valence-electron chi connectivity index (χ2n) is 7.43. The topological polar surface area (TPSA) is 94.0 Å². The molecule has 0 aliphatic heterocycles. The van der Waals surface area contributed by atoms with Gasteiger partial charge in [-0.3, -0.25) is 4.79 Å². The predicted octanol–water partition coefficient (Wildman–Crippen LogP) is 4.94. The molecule has 0 fully saturated rings. The summed E-state index contributed by atoms with van der Waals surface area (Å²) in [5, 5.41) is 20.0. The van der Waals surface area contributed by atoms with E-state index in [0.29, 0.717) is 12.1 Å². The molecule has 3 N–H and O–H groups in total. The smallest absolute Gasteiger partial charge is 0.319 e. The zero-order chi connectivity index (χ0) is 23.0. The Bertz CT molecular complexity index is 1290. The number of benzene rings is 3. The molecule has 0 bridgehead atoms. The van der Waals surface area contributed by atoms with E-state index < -0.39 is 18.0 Å². The Kier molecular flexibility index (Phi) is 6.98. The third kappa shape index (κ3) is 5.56. The SMILES string of the molecule is N#CCNC(=O)C(Cc1csc2ccccc12)NC(=O)Nc1ccc(-c2ccccc2)cc1. The fourth-order valence-corrected chi connectivity index (χ4v) is 4.55. The molecule has 3 aromatic carbocycles. The Morgan fingerprint density at radius 1 is 0.909 bits per heavy atom. The molecule has 0 radical (unpaired) electrons. The van der Waals surface area contributed by atoms with Crippen molar-refractivity contribution in [2.75, 3.05) is 11.9 Å². The Morgan fingerprint density at radius 3 is 2.36 bits per heavy atom. The van der Waals surface area contributed by atoms with Crippen LogP contribution in [0.1, 0.15) is 5.56 Å². The largest absolute Gasteiger partial charge is 0.341 e. The Labute approximate surface area is 195 Å². The van der Waals surface area contributed by atoms with Crippen molar-refractivity contribution in [3.8, 4) is 17.2 Å². The summed E-state index contributed by atoms with van der Waals surface area (Å²) in [5.74, 6) is -0.401. The molecule has 1 atom stereocenters. The van der Waals surface area contributed by atoms with Crippen LogP contribution in [-0.4, -0.2) is 24.5 Å². The normalized spacial score (nSPS) is 11.4. The molecule has 7 heteroatoms. The van der Waals surface area contributed by atoms with Crippen LogP contribution in [0.15, 0.2) is 84.2 Å². The maximum absolute atomic E-state index is 12.7. The number of hydrogen-bond donors (Lipinski definition) is 3. The average molecular weight is 455 g/mol. The number of carbonyl (C=O) groups excluding carboxylic acids is 2. The highest BCUT2D eigenvalue weighted by Crippen LogP contribution is 2.26. The predicted molar refractivity (Wildman–Crippen MR) is 132 cm³/mol. The summed E-state index contributed by atoms with van der Waals surface area (Å²) in [4.78, 5) is 25.3. The Balaban J connectivity index is 1.45. The zero-order valence-electron chi connectivity index (χ0n) is 17.7. The maximum Gasteiger partial charge on any atom is 0.319 e. The molecule has 0 saturated heterocycles. The lowest BCUT2D eigenvalue weighted by molar-refractivity contribution is -0.122. The highest BCUT2D eigenvalue weighted by molar-refractivity contribution is 7.17. The third-order valence-corrected chi connectivity index (χ3v) is 6.21. The van der Waals surface area contributed by atoms with E-state index in [1.54, 1.807) is 11.3 Å². The van der Waals surface area contributed by atoms with Crippen LogP contribution < -0.4 is 16.0 Å². The van der Waals surface area contributed by atoms with Crippen molar-refractivity contribution in [2.24, 2.45) is 0 Å². The Hall–Kier alpha value is -4.15. The molecule has 6 nitrogen and oxygen atoms in total. The van der Waals surface area contributed by atoms with E-state index in [4.69, 9.17) is 5.26 Å². The van der Waals surface area contributed by atoms with Crippen molar-refractivity contribution in [3.63, 3.8) is 0 Å². The minimum absolute atomic E-state index is 0.121. The summed E-state index contributed by atoms with van der Waals surface area (Å²) < 4.78 is 1.12. The molecule has 0 saturated carbocycles. The van der Waals surface area contributed by atoms with Gasteiger partial charge in [0.25, 0.3) is 0 Å². The maximum atomic E-state index is 12.7. The summed E-state index contributed by atoms with van der Waals surface area (Å²) in [6.07, 6.45) is 0.321. The first-order valence-electron chi connectivity index (χ1n) is 10.5. The molecule has 4 aromatic rings. The van der Waals surface area contributed by atoms with Gasteiger partial charge in [0.15, 0.2) is 0 Å². The van der Waals surface area contributed by atoms with Crippen molar-refractivity contribution in [2.45, 2.75) is 12.5 Å². The van der Waals surface area contributed by atoms with Crippen LogP contribution in [-0.2, 0) is 11.2 Å². The summed E-state index contributed by atoms with van der Waals surface area (Å²) in [7, 11) is 0. The van der Waals surface area contributed by atoms with Gasteiger partial charge in [-0.25, -0.2) is 4.79 Å². The average Bonchev–Trinajstić information content (AvgIpc) is 3.26. The lowest BCUT2D eigenvalue weighted by atomic mass is 10.0. The van der Waals surface area contributed by atoms with Gasteiger partial charge in [-0.2, -0.15) is 5.26 Å². The van der Waals surface area contributed by atoms with Crippen molar-refractivity contribution < 1.29 is 9.59 Å². The standard InChI is InChI=1S/C26H22N4O2S/c27-14-15-28-25(31)23(16-20-17-33-24-9-5-4-8-22(20)24)30-26(32)29-21-12-10-19(11-13-21)18-6-2-1-3-7-18/h1-13,17,23H,15-16H2,(H,28,31)(H2,29,30,32). The number of hydrogen-bond acceptors (Lipinski definition) is 4. The Morgan fingerprint density at radius 2 is 1.61 bits per heavy atom. The van der Waals surface area contributed by atoms with E-state index in [1.807, 2.05) is 90.3 Å². The van der Waals surface area contributed by atoms with E-state index in [2.05, 4.69) is 16.0 Å². The molecule has 0 aliphatic rings. The number of carbonyl (C=O) groups is 2. The minimum Gasteiger partial charge on any atom is -0.341 e. The highest BCUT2D eigenvalue weighted by atomic mass is 32.1. The molecular formula is C26H22N4O2S. The lowest BCUT2D eigenvalue weighted by Gasteiger charge is -2.18. The number of nitrogens with one attached hydrogen (secondary N) is 3. The molecule has 33 heavy (non-hydrogen) atoms. The first-order chi connectivity index (χ1) is 16.1. The van der Waals surface area contributed by atoms with Gasteiger partial charge >= 0.3 is 6.03 Å². The number of rotatable bonds is 7. The van der Waals surface area contributed by atoms with E-state index >= 15 is 0 Å². The van der Waals surface area contributed by atoms with Crippen LogP contribution in [0.25, 0.3) is 21.2 Å². The van der Waals surface area contributed by atoms with Gasteiger partial charge in [0.2, 0.25) is 5.91 Å². The number of urea groups is 1. The number of thiophene rings is 1. The van der Waals surface area contributed by atoms with Crippen LogP contribution >= 0.6 is 11.3 Å². The molecule has 1 unspecified atom stereocenters. The van der Waals surface area contributed by atoms with Gasteiger partial charge in [-0.05, 0) is 45.7 Å². The van der Waals surface area contributed by atoms with Crippen molar-refractivity contribution >= 4 is 39.0 Å². The molecule has 0 aliphatic carbocycles. The third-order valence-electron chi connectivity index (χ3n) is 5.20. The number of amides is 3. The van der Waals surface area contributed by atoms with Gasteiger partial charge in [0.1, 0.15) is 12.6 Å². The van der Waals surface area contributed by atoms with Gasteiger partial charge in [-0.1, -0.05) is 60.7 Å². The molecule has 4 rings (SSSR count). The van der Waals surface area contributed by atoms with Crippen LogP contribution in [0.2, 0.25) is 0 Å². The molecule has 1 aromatic heterocycles. The highest BCUT2D eigenvalue weighted by Gasteiger charge is 2.22. The van der Waals surface area contributed by atoms with Crippen LogP contribution in [0.4, 0.5) is 10.5 Å². The summed E-state index contributed by atoms with van der Waals surface area (Å²) in [6.45, 7) is -0.121. The van der Waals surface area contributed by atoms with Gasteiger partial charge in [0, 0.05) is 16.8 Å². The van der Waals surface area contributed by atoms with Crippen molar-refractivity contribution in [3.05, 3.63) is 89.8 Å². The summed E-state index contributed by atoms with van der Waals surface area (Å²) >= 11 is 1.59. The fraction of sp³-hybridized carbons (Fsp3) is 0.115. The molecule has 1 heterocycles. The summed E-state index contributed by atoms with van der Waals surface area (Å²) in [6, 6.07) is 26.0.